The largest absolute Gasteiger partial charge is 0.488 e. The monoisotopic (exact) mass is 304 g/mol. The SMILES string of the molecule is CC(NC(=O)C1=Cc2ccccc2OC1)c1ccc(C#N)cc1. The maximum Gasteiger partial charge on any atom is 0.251 e. The van der Waals surface area contributed by atoms with Crippen LogP contribution in [0, 0.1) is 11.3 Å². The summed E-state index contributed by atoms with van der Waals surface area (Å²) in [6.07, 6.45) is 1.86. The van der Waals surface area contributed by atoms with Crippen LogP contribution in [0.25, 0.3) is 6.08 Å². The summed E-state index contributed by atoms with van der Waals surface area (Å²) < 4.78 is 5.61. The number of nitrogens with one attached hydrogen (secondary N) is 1. The van der Waals surface area contributed by atoms with Crippen LogP contribution >= 0.6 is 0 Å². The minimum Gasteiger partial charge on any atom is -0.488 e. The van der Waals surface area contributed by atoms with Crippen molar-refractivity contribution in [1.82, 2.24) is 5.32 Å². The van der Waals surface area contributed by atoms with Gasteiger partial charge in [-0.05, 0) is 36.8 Å². The Bertz CT molecular complexity index is 801. The Labute approximate surface area is 135 Å². The van der Waals surface area contributed by atoms with Crippen LogP contribution in [0.3, 0.4) is 0 Å². The van der Waals surface area contributed by atoms with Gasteiger partial charge in [-0.15, -0.1) is 0 Å². The summed E-state index contributed by atoms with van der Waals surface area (Å²) in [6, 6.07) is 16.8. The van der Waals surface area contributed by atoms with Crippen molar-refractivity contribution in [2.75, 3.05) is 6.61 Å². The number of rotatable bonds is 3. The Morgan fingerprint density at radius 2 is 1.96 bits per heavy atom. The molecule has 2 aromatic carbocycles. The van der Waals surface area contributed by atoms with Gasteiger partial charge < -0.3 is 10.1 Å². The molecule has 2 aromatic rings. The van der Waals surface area contributed by atoms with Crippen molar-refractivity contribution in [3.05, 3.63) is 70.8 Å². The van der Waals surface area contributed by atoms with E-state index in [2.05, 4.69) is 11.4 Å². The lowest BCUT2D eigenvalue weighted by Gasteiger charge is -2.20. The molecule has 1 aliphatic rings. The molecular weight excluding hydrogens is 288 g/mol. The van der Waals surface area contributed by atoms with Gasteiger partial charge in [0, 0.05) is 5.56 Å². The fraction of sp³-hybridized carbons (Fsp3) is 0.158. The highest BCUT2D eigenvalue weighted by Gasteiger charge is 2.18. The third-order valence-corrected chi connectivity index (χ3v) is 3.81. The molecule has 23 heavy (non-hydrogen) atoms. The molecule has 0 saturated carbocycles. The highest BCUT2D eigenvalue weighted by atomic mass is 16.5. The average molecular weight is 304 g/mol. The van der Waals surface area contributed by atoms with Crippen molar-refractivity contribution in [2.24, 2.45) is 0 Å². The molecule has 1 atom stereocenters. The van der Waals surface area contributed by atoms with Gasteiger partial charge in [0.2, 0.25) is 0 Å². The lowest BCUT2D eigenvalue weighted by molar-refractivity contribution is -0.118. The zero-order valence-electron chi connectivity index (χ0n) is 12.7. The third-order valence-electron chi connectivity index (χ3n) is 3.81. The number of benzene rings is 2. The molecule has 1 N–H and O–H groups in total. The first-order chi connectivity index (χ1) is 11.2. The summed E-state index contributed by atoms with van der Waals surface area (Å²) >= 11 is 0. The molecule has 0 spiro atoms. The van der Waals surface area contributed by atoms with E-state index in [1.165, 1.54) is 0 Å². The summed E-state index contributed by atoms with van der Waals surface area (Å²) in [4.78, 5) is 12.4. The minimum atomic E-state index is -0.145. The molecule has 0 saturated heterocycles. The average Bonchev–Trinajstić information content (AvgIpc) is 2.61. The van der Waals surface area contributed by atoms with Crippen LogP contribution in [-0.4, -0.2) is 12.5 Å². The molecule has 1 amide bonds. The van der Waals surface area contributed by atoms with Crippen LogP contribution in [0.15, 0.2) is 54.1 Å². The second kappa shape index (κ2) is 6.37. The number of ether oxygens (including phenoxy) is 1. The number of amides is 1. The second-order valence-corrected chi connectivity index (χ2v) is 5.43. The Hall–Kier alpha value is -3.06. The van der Waals surface area contributed by atoms with Crippen LogP contribution in [0.4, 0.5) is 0 Å². The number of nitriles is 1. The van der Waals surface area contributed by atoms with E-state index < -0.39 is 0 Å². The van der Waals surface area contributed by atoms with Gasteiger partial charge in [0.15, 0.2) is 0 Å². The quantitative estimate of drug-likeness (QED) is 0.947. The van der Waals surface area contributed by atoms with E-state index in [9.17, 15) is 4.79 Å². The van der Waals surface area contributed by atoms with Gasteiger partial charge in [-0.1, -0.05) is 30.3 Å². The number of carbonyl (C=O) groups is 1. The molecule has 4 nitrogen and oxygen atoms in total. The van der Waals surface area contributed by atoms with Gasteiger partial charge in [0.25, 0.3) is 5.91 Å². The molecule has 0 aromatic heterocycles. The van der Waals surface area contributed by atoms with Gasteiger partial charge in [-0.3, -0.25) is 4.79 Å². The molecule has 114 valence electrons. The summed E-state index contributed by atoms with van der Waals surface area (Å²) in [7, 11) is 0. The lowest BCUT2D eigenvalue weighted by atomic mass is 10.0. The van der Waals surface area contributed by atoms with Gasteiger partial charge >= 0.3 is 0 Å². The minimum absolute atomic E-state index is 0.142. The first-order valence-electron chi connectivity index (χ1n) is 7.40. The van der Waals surface area contributed by atoms with E-state index in [1.807, 2.05) is 49.4 Å². The Kier molecular flexibility index (Phi) is 4.11. The van der Waals surface area contributed by atoms with Crippen LogP contribution in [-0.2, 0) is 4.79 Å². The fourth-order valence-electron chi connectivity index (χ4n) is 2.47. The molecule has 0 bridgehead atoms. The van der Waals surface area contributed by atoms with Crippen molar-refractivity contribution in [1.29, 1.82) is 5.26 Å². The number of hydrogen-bond donors (Lipinski definition) is 1. The zero-order chi connectivity index (χ0) is 16.2. The zero-order valence-corrected chi connectivity index (χ0v) is 12.7. The molecule has 1 aliphatic heterocycles. The molecule has 4 heteroatoms. The smallest absolute Gasteiger partial charge is 0.251 e. The molecule has 0 fully saturated rings. The number of nitrogens with zero attached hydrogens (tertiary/aromatic N) is 1. The molecule has 0 aliphatic carbocycles. The standard InChI is InChI=1S/C19H16N2O2/c1-13(15-8-6-14(11-20)7-9-15)21-19(22)17-10-16-4-2-3-5-18(16)23-12-17/h2-10,13H,12H2,1H3,(H,21,22). The van der Waals surface area contributed by atoms with Crippen LogP contribution in [0.5, 0.6) is 5.75 Å². The van der Waals surface area contributed by atoms with Crippen molar-refractivity contribution in [2.45, 2.75) is 13.0 Å². The fourth-order valence-corrected chi connectivity index (χ4v) is 2.47. The van der Waals surface area contributed by atoms with E-state index in [1.54, 1.807) is 12.1 Å². The van der Waals surface area contributed by atoms with Gasteiger partial charge in [0.05, 0.1) is 23.2 Å². The predicted octanol–water partition coefficient (Wildman–Crippen LogP) is 3.21. The predicted molar refractivity (Wildman–Crippen MR) is 87.6 cm³/mol. The van der Waals surface area contributed by atoms with Gasteiger partial charge in [-0.25, -0.2) is 0 Å². The molecule has 0 radical (unpaired) electrons. The maximum atomic E-state index is 12.4. The van der Waals surface area contributed by atoms with E-state index in [4.69, 9.17) is 10.00 Å². The van der Waals surface area contributed by atoms with E-state index >= 15 is 0 Å². The third kappa shape index (κ3) is 3.24. The van der Waals surface area contributed by atoms with Crippen molar-refractivity contribution >= 4 is 12.0 Å². The Balaban J connectivity index is 1.72. The molecule has 3 rings (SSSR count). The number of fused-ring (bicyclic) bond motifs is 1. The van der Waals surface area contributed by atoms with Crippen molar-refractivity contribution in [3.63, 3.8) is 0 Å². The van der Waals surface area contributed by atoms with E-state index in [0.29, 0.717) is 11.1 Å². The summed E-state index contributed by atoms with van der Waals surface area (Å²) in [5, 5.41) is 11.8. The highest BCUT2D eigenvalue weighted by Crippen LogP contribution is 2.26. The summed E-state index contributed by atoms with van der Waals surface area (Å²) in [5.74, 6) is 0.653. The topological polar surface area (TPSA) is 62.1 Å². The Morgan fingerprint density at radius 3 is 2.70 bits per heavy atom. The lowest BCUT2D eigenvalue weighted by Crippen LogP contribution is -2.30. The van der Waals surface area contributed by atoms with Crippen LogP contribution in [0.1, 0.15) is 29.7 Å². The molecular formula is C19H16N2O2. The first-order valence-corrected chi connectivity index (χ1v) is 7.40. The highest BCUT2D eigenvalue weighted by molar-refractivity contribution is 5.99. The number of carbonyl (C=O) groups excluding carboxylic acids is 1. The summed E-state index contributed by atoms with van der Waals surface area (Å²) in [5.41, 5.74) is 3.07. The van der Waals surface area contributed by atoms with E-state index in [0.717, 1.165) is 16.9 Å². The Morgan fingerprint density at radius 1 is 1.22 bits per heavy atom. The van der Waals surface area contributed by atoms with Crippen LogP contribution < -0.4 is 10.1 Å². The van der Waals surface area contributed by atoms with Crippen molar-refractivity contribution < 1.29 is 9.53 Å². The second-order valence-electron chi connectivity index (χ2n) is 5.43. The molecule has 1 unspecified atom stereocenters. The molecule has 1 heterocycles. The van der Waals surface area contributed by atoms with Crippen LogP contribution in [0.2, 0.25) is 0 Å². The summed E-state index contributed by atoms with van der Waals surface area (Å²) in [6.45, 7) is 2.18. The normalized spacial score (nSPS) is 13.8. The number of para-hydroxylation sites is 1. The van der Waals surface area contributed by atoms with E-state index in [-0.39, 0.29) is 18.6 Å². The van der Waals surface area contributed by atoms with Gasteiger partial charge in [-0.2, -0.15) is 5.26 Å². The van der Waals surface area contributed by atoms with Crippen molar-refractivity contribution in [3.8, 4) is 11.8 Å². The number of hydrogen-bond acceptors (Lipinski definition) is 3. The van der Waals surface area contributed by atoms with Gasteiger partial charge in [0.1, 0.15) is 12.4 Å². The maximum absolute atomic E-state index is 12.4. The first kappa shape index (κ1) is 14.9.